The molecule has 30 heavy (non-hydrogen) atoms. The third-order valence-electron chi connectivity index (χ3n) is 5.26. The van der Waals surface area contributed by atoms with E-state index in [2.05, 4.69) is 11.9 Å². The van der Waals surface area contributed by atoms with Gasteiger partial charge in [0.1, 0.15) is 0 Å². The van der Waals surface area contributed by atoms with Crippen molar-refractivity contribution in [3.05, 3.63) is 66.4 Å². The van der Waals surface area contributed by atoms with Crippen LogP contribution in [0.15, 0.2) is 70.6 Å². The molecule has 0 atom stereocenters. The number of para-hydroxylation sites is 1. The maximum Gasteiger partial charge on any atom is 0.268 e. The summed E-state index contributed by atoms with van der Waals surface area (Å²) in [5, 5.41) is 0.850. The van der Waals surface area contributed by atoms with Crippen LogP contribution < -0.4 is 0 Å². The van der Waals surface area contributed by atoms with Crippen molar-refractivity contribution in [3.8, 4) is 0 Å². The van der Waals surface area contributed by atoms with Crippen LogP contribution in [0.1, 0.15) is 31.9 Å². The van der Waals surface area contributed by atoms with Crippen molar-refractivity contribution in [2.75, 3.05) is 19.8 Å². The maximum atomic E-state index is 13.4. The van der Waals surface area contributed by atoms with Crippen molar-refractivity contribution in [2.45, 2.75) is 36.9 Å². The third kappa shape index (κ3) is 4.05. The Morgan fingerprint density at radius 1 is 1.03 bits per heavy atom. The molecule has 0 N–H and O–H groups in total. The molecule has 0 bridgehead atoms. The van der Waals surface area contributed by atoms with Gasteiger partial charge in [0.25, 0.3) is 10.0 Å². The van der Waals surface area contributed by atoms with Gasteiger partial charge < -0.3 is 9.47 Å². The van der Waals surface area contributed by atoms with Crippen molar-refractivity contribution in [2.24, 2.45) is 4.99 Å². The summed E-state index contributed by atoms with van der Waals surface area (Å²) >= 11 is 0. The van der Waals surface area contributed by atoms with Crippen LogP contribution >= 0.6 is 0 Å². The van der Waals surface area contributed by atoms with Gasteiger partial charge in [0.2, 0.25) is 0 Å². The third-order valence-corrected chi connectivity index (χ3v) is 7.02. The van der Waals surface area contributed by atoms with E-state index in [-0.39, 0.29) is 4.90 Å². The van der Waals surface area contributed by atoms with Gasteiger partial charge in [-0.2, -0.15) is 0 Å². The molecular formula is C23H26N2O4S. The molecule has 1 aliphatic heterocycles. The van der Waals surface area contributed by atoms with Crippen LogP contribution in [0.3, 0.4) is 0 Å². The summed E-state index contributed by atoms with van der Waals surface area (Å²) in [5.41, 5.74) is 1.16. The standard InChI is InChI=1S/C23H26N2O4S/c1-2-12-23(28-15-16-29-23)13-14-24-18-20-17-19-8-6-7-11-22(19)25(20)30(26,27)21-9-4-3-5-10-21/h3-11,17-18H,2,12-16H2,1H3. The molecule has 0 amide bonds. The maximum absolute atomic E-state index is 13.4. The number of aromatic nitrogens is 1. The second-order valence-corrected chi connectivity index (χ2v) is 9.14. The summed E-state index contributed by atoms with van der Waals surface area (Å²) in [7, 11) is -3.75. The highest BCUT2D eigenvalue weighted by Gasteiger charge is 2.34. The second-order valence-electron chi connectivity index (χ2n) is 7.35. The van der Waals surface area contributed by atoms with Gasteiger partial charge in [-0.15, -0.1) is 0 Å². The van der Waals surface area contributed by atoms with Gasteiger partial charge in [-0.05, 0) is 24.3 Å². The Balaban J connectivity index is 1.65. The zero-order valence-electron chi connectivity index (χ0n) is 17.0. The lowest BCUT2D eigenvalue weighted by Crippen LogP contribution is -2.30. The van der Waals surface area contributed by atoms with Gasteiger partial charge >= 0.3 is 0 Å². The van der Waals surface area contributed by atoms with E-state index in [0.29, 0.717) is 37.4 Å². The van der Waals surface area contributed by atoms with Gasteiger partial charge in [-0.1, -0.05) is 49.7 Å². The molecule has 4 rings (SSSR count). The molecule has 1 aromatic heterocycles. The first-order valence-electron chi connectivity index (χ1n) is 10.2. The summed E-state index contributed by atoms with van der Waals surface area (Å²) in [6.45, 7) is 3.80. The molecule has 0 spiro atoms. The molecule has 1 saturated heterocycles. The molecular weight excluding hydrogens is 400 g/mol. The van der Waals surface area contributed by atoms with Crippen molar-refractivity contribution in [3.63, 3.8) is 0 Å². The van der Waals surface area contributed by atoms with E-state index in [4.69, 9.17) is 9.47 Å². The monoisotopic (exact) mass is 426 g/mol. The molecule has 0 aliphatic carbocycles. The Hall–Kier alpha value is -2.48. The first-order chi connectivity index (χ1) is 14.6. The smallest absolute Gasteiger partial charge is 0.268 e. The van der Waals surface area contributed by atoms with Crippen LogP contribution in [-0.4, -0.2) is 44.2 Å². The van der Waals surface area contributed by atoms with Crippen molar-refractivity contribution < 1.29 is 17.9 Å². The number of hydrogen-bond donors (Lipinski definition) is 0. The van der Waals surface area contributed by atoms with Crippen LogP contribution in [-0.2, 0) is 19.5 Å². The van der Waals surface area contributed by atoms with Crippen molar-refractivity contribution in [1.29, 1.82) is 0 Å². The number of rotatable bonds is 8. The molecule has 3 aromatic rings. The Labute approximate surface area is 177 Å². The molecule has 0 unspecified atom stereocenters. The minimum Gasteiger partial charge on any atom is -0.347 e. The first kappa shape index (κ1) is 20.8. The largest absolute Gasteiger partial charge is 0.347 e. The van der Waals surface area contributed by atoms with E-state index in [0.717, 1.165) is 18.2 Å². The normalized spacial score (nSPS) is 16.6. The topological polar surface area (TPSA) is 69.9 Å². The van der Waals surface area contributed by atoms with E-state index in [1.807, 2.05) is 30.3 Å². The van der Waals surface area contributed by atoms with E-state index < -0.39 is 15.8 Å². The predicted molar refractivity (Wildman–Crippen MR) is 118 cm³/mol. The molecule has 2 aromatic carbocycles. The number of benzene rings is 2. The predicted octanol–water partition coefficient (Wildman–Crippen LogP) is 4.23. The fourth-order valence-corrected chi connectivity index (χ4v) is 5.41. The zero-order valence-corrected chi connectivity index (χ0v) is 17.8. The van der Waals surface area contributed by atoms with Gasteiger partial charge in [-0.25, -0.2) is 12.4 Å². The van der Waals surface area contributed by atoms with E-state index in [1.54, 1.807) is 36.5 Å². The fraction of sp³-hybridized carbons (Fsp3) is 0.348. The zero-order chi connectivity index (χ0) is 21.0. The van der Waals surface area contributed by atoms with Crippen molar-refractivity contribution >= 4 is 27.1 Å². The van der Waals surface area contributed by atoms with Gasteiger partial charge in [0, 0.05) is 31.0 Å². The Morgan fingerprint density at radius 2 is 1.73 bits per heavy atom. The molecule has 2 heterocycles. The molecule has 0 radical (unpaired) electrons. The van der Waals surface area contributed by atoms with Crippen LogP contribution in [0.2, 0.25) is 0 Å². The summed E-state index contributed by atoms with van der Waals surface area (Å²) in [5.74, 6) is -0.561. The molecule has 7 heteroatoms. The quantitative estimate of drug-likeness (QED) is 0.506. The first-order valence-corrected chi connectivity index (χ1v) is 11.7. The minimum absolute atomic E-state index is 0.246. The highest BCUT2D eigenvalue weighted by atomic mass is 32.2. The second kappa shape index (κ2) is 8.71. The summed E-state index contributed by atoms with van der Waals surface area (Å²) in [6.07, 6.45) is 4.07. The summed E-state index contributed by atoms with van der Waals surface area (Å²) in [4.78, 5) is 4.77. The number of fused-ring (bicyclic) bond motifs is 1. The van der Waals surface area contributed by atoms with Crippen molar-refractivity contribution in [1.82, 2.24) is 3.97 Å². The lowest BCUT2D eigenvalue weighted by atomic mass is 10.1. The van der Waals surface area contributed by atoms with Crippen LogP contribution in [0.5, 0.6) is 0 Å². The van der Waals surface area contributed by atoms with Crippen LogP contribution in [0.4, 0.5) is 0 Å². The highest BCUT2D eigenvalue weighted by Crippen LogP contribution is 2.29. The van der Waals surface area contributed by atoms with Crippen LogP contribution in [0.25, 0.3) is 10.9 Å². The molecule has 6 nitrogen and oxygen atoms in total. The summed E-state index contributed by atoms with van der Waals surface area (Å²) in [6, 6.07) is 17.8. The average Bonchev–Trinajstić information content (AvgIpc) is 3.37. The Kier molecular flexibility index (Phi) is 6.04. The van der Waals surface area contributed by atoms with Gasteiger partial charge in [0.15, 0.2) is 5.79 Å². The molecule has 1 aliphatic rings. The lowest BCUT2D eigenvalue weighted by molar-refractivity contribution is -0.165. The minimum atomic E-state index is -3.75. The van der Waals surface area contributed by atoms with Gasteiger partial charge in [0.05, 0.1) is 29.3 Å². The number of hydrogen-bond acceptors (Lipinski definition) is 5. The van der Waals surface area contributed by atoms with E-state index in [1.165, 1.54) is 3.97 Å². The van der Waals surface area contributed by atoms with E-state index >= 15 is 0 Å². The SMILES string of the molecule is CCCC1(CCN=Cc2cc3ccccc3n2S(=O)(=O)c2ccccc2)OCCO1. The fourth-order valence-electron chi connectivity index (χ4n) is 3.89. The Morgan fingerprint density at radius 3 is 2.47 bits per heavy atom. The van der Waals surface area contributed by atoms with Gasteiger partial charge in [-0.3, -0.25) is 4.99 Å². The lowest BCUT2D eigenvalue weighted by Gasteiger charge is -2.26. The average molecular weight is 427 g/mol. The molecule has 1 fully saturated rings. The number of nitrogens with zero attached hydrogens (tertiary/aromatic N) is 2. The van der Waals surface area contributed by atoms with E-state index in [9.17, 15) is 8.42 Å². The molecule has 158 valence electrons. The molecule has 0 saturated carbocycles. The Bertz CT molecular complexity index is 1130. The highest BCUT2D eigenvalue weighted by molar-refractivity contribution is 7.90. The van der Waals surface area contributed by atoms with Crippen LogP contribution in [0, 0.1) is 0 Å². The number of aliphatic imine (C=N–C) groups is 1. The summed E-state index contributed by atoms with van der Waals surface area (Å²) < 4.78 is 39.7. The number of ether oxygens (including phenoxy) is 2.